The smallest absolute Gasteiger partial charge is 0.246 e. The molecule has 0 aliphatic heterocycles. The van der Waals surface area contributed by atoms with Crippen LogP contribution >= 0.6 is 0 Å². The molecule has 0 fully saturated rings. The molecule has 0 aliphatic rings. The number of methoxy groups -OCH3 is 2. The lowest BCUT2D eigenvalue weighted by atomic mass is 10.0. The summed E-state index contributed by atoms with van der Waals surface area (Å²) in [5.74, 6) is -2.00. The Morgan fingerprint density at radius 3 is 1.54 bits per heavy atom. The van der Waals surface area contributed by atoms with Crippen molar-refractivity contribution in [1.29, 1.82) is 0 Å². The number of hydrogen-bond acceptors (Lipinski definition) is 13. The molecular formula is C46H72N4O13. The Labute approximate surface area is 373 Å². The maximum Gasteiger partial charge on any atom is 0.246 e. The summed E-state index contributed by atoms with van der Waals surface area (Å²) < 4.78 is 42.0. The van der Waals surface area contributed by atoms with Crippen molar-refractivity contribution in [3.63, 3.8) is 0 Å². The predicted octanol–water partition coefficient (Wildman–Crippen LogP) is 2.50. The van der Waals surface area contributed by atoms with E-state index in [0.29, 0.717) is 85.3 Å². The molecule has 2 aromatic carbocycles. The van der Waals surface area contributed by atoms with E-state index in [1.165, 1.54) is 11.1 Å². The lowest BCUT2D eigenvalue weighted by Gasteiger charge is -2.19. The minimum absolute atomic E-state index is 0.0286. The molecular weight excluding hydrogens is 817 g/mol. The van der Waals surface area contributed by atoms with Gasteiger partial charge in [0.1, 0.15) is 19.3 Å². The molecule has 0 saturated carbocycles. The molecule has 0 bridgehead atoms. The van der Waals surface area contributed by atoms with Gasteiger partial charge < -0.3 is 53.8 Å². The van der Waals surface area contributed by atoms with Gasteiger partial charge in [-0.05, 0) is 68.1 Å². The normalized spacial score (nSPS) is 11.5. The first-order valence-corrected chi connectivity index (χ1v) is 22.0. The van der Waals surface area contributed by atoms with E-state index in [1.54, 1.807) is 14.2 Å². The van der Waals surface area contributed by atoms with E-state index < -0.39 is 29.7 Å². The second kappa shape index (κ2) is 38.2. The molecule has 63 heavy (non-hydrogen) atoms. The molecule has 0 unspecified atom stereocenters. The first-order chi connectivity index (χ1) is 30.8. The fraction of sp³-hybridized carbons (Fsp3) is 0.630. The SMILES string of the molecule is COCCOCCOCCOCC(=O)NCCCC[C@H](NC(=O)COCCOCCOCCOC)C(=O)NCCCC(=O)NC(=O)Cc1ccc(CCCCc2ccccc2)cc1. The van der Waals surface area contributed by atoms with Crippen LogP contribution in [0.25, 0.3) is 0 Å². The zero-order valence-electron chi connectivity index (χ0n) is 37.5. The molecule has 2 rings (SSSR count). The van der Waals surface area contributed by atoms with E-state index in [0.717, 1.165) is 31.2 Å². The van der Waals surface area contributed by atoms with Gasteiger partial charge in [-0.2, -0.15) is 0 Å². The average molecular weight is 889 g/mol. The third-order valence-electron chi connectivity index (χ3n) is 9.28. The molecule has 0 radical (unpaired) electrons. The van der Waals surface area contributed by atoms with Crippen molar-refractivity contribution in [2.45, 2.75) is 70.3 Å². The Bertz CT molecular complexity index is 1500. The van der Waals surface area contributed by atoms with Crippen LogP contribution in [0.2, 0.25) is 0 Å². The van der Waals surface area contributed by atoms with Crippen molar-refractivity contribution in [3.8, 4) is 0 Å². The van der Waals surface area contributed by atoms with Crippen molar-refractivity contribution in [2.75, 3.05) is 120 Å². The van der Waals surface area contributed by atoms with E-state index in [1.807, 2.05) is 30.3 Å². The number of benzene rings is 2. The van der Waals surface area contributed by atoms with Gasteiger partial charge in [0.15, 0.2) is 0 Å². The molecule has 1 atom stereocenters. The number of nitrogens with one attached hydrogen (secondary N) is 4. The summed E-state index contributed by atoms with van der Waals surface area (Å²) in [6.45, 7) is 4.82. The summed E-state index contributed by atoms with van der Waals surface area (Å²) in [6, 6.07) is 17.4. The van der Waals surface area contributed by atoms with E-state index in [4.69, 9.17) is 37.9 Å². The summed E-state index contributed by atoms with van der Waals surface area (Å²) in [5, 5.41) is 10.7. The van der Waals surface area contributed by atoms with Crippen LogP contribution in [-0.2, 0) is 81.1 Å². The first-order valence-electron chi connectivity index (χ1n) is 22.0. The van der Waals surface area contributed by atoms with Gasteiger partial charge in [-0.15, -0.1) is 0 Å². The number of carbonyl (C=O) groups is 5. The maximum atomic E-state index is 13.2. The minimum Gasteiger partial charge on any atom is -0.382 e. The highest BCUT2D eigenvalue weighted by atomic mass is 16.6. The molecule has 0 saturated heterocycles. The van der Waals surface area contributed by atoms with Gasteiger partial charge >= 0.3 is 0 Å². The quantitative estimate of drug-likeness (QED) is 0.0711. The van der Waals surface area contributed by atoms with E-state index in [9.17, 15) is 24.0 Å². The van der Waals surface area contributed by atoms with Crippen LogP contribution in [0.5, 0.6) is 0 Å². The number of carbonyl (C=O) groups excluding carboxylic acids is 5. The monoisotopic (exact) mass is 889 g/mol. The molecule has 17 heteroatoms. The number of unbranched alkanes of at least 4 members (excludes halogenated alkanes) is 2. The van der Waals surface area contributed by atoms with E-state index in [2.05, 4.69) is 45.5 Å². The van der Waals surface area contributed by atoms with Crippen LogP contribution in [0, 0.1) is 0 Å². The molecule has 0 spiro atoms. The van der Waals surface area contributed by atoms with Crippen molar-refractivity contribution >= 4 is 29.5 Å². The number of imide groups is 1. The lowest BCUT2D eigenvalue weighted by Crippen LogP contribution is -2.48. The van der Waals surface area contributed by atoms with Crippen LogP contribution in [0.3, 0.4) is 0 Å². The van der Waals surface area contributed by atoms with Crippen molar-refractivity contribution in [1.82, 2.24) is 21.3 Å². The average Bonchev–Trinajstić information content (AvgIpc) is 3.28. The van der Waals surface area contributed by atoms with E-state index in [-0.39, 0.29) is 64.7 Å². The van der Waals surface area contributed by atoms with Crippen molar-refractivity contribution < 1.29 is 61.9 Å². The molecule has 2 aromatic rings. The van der Waals surface area contributed by atoms with Gasteiger partial charge in [0.2, 0.25) is 29.5 Å². The third kappa shape index (κ3) is 31.2. The van der Waals surface area contributed by atoms with Crippen LogP contribution in [0.1, 0.15) is 61.6 Å². The number of aryl methyl sites for hydroxylation is 2. The van der Waals surface area contributed by atoms with Crippen molar-refractivity contribution in [3.05, 3.63) is 71.3 Å². The molecule has 17 nitrogen and oxygen atoms in total. The summed E-state index contributed by atoms with van der Waals surface area (Å²) in [5.41, 5.74) is 3.36. The van der Waals surface area contributed by atoms with Gasteiger partial charge in [0.05, 0.1) is 85.7 Å². The second-order valence-electron chi connectivity index (χ2n) is 14.6. The number of ether oxygens (including phenoxy) is 8. The molecule has 5 amide bonds. The Hall–Kier alpha value is -4.33. The van der Waals surface area contributed by atoms with Crippen LogP contribution in [0.4, 0.5) is 0 Å². The van der Waals surface area contributed by atoms with Gasteiger partial charge in [-0.1, -0.05) is 54.6 Å². The zero-order chi connectivity index (χ0) is 45.4. The fourth-order valence-corrected chi connectivity index (χ4v) is 5.91. The van der Waals surface area contributed by atoms with Gasteiger partial charge in [0.25, 0.3) is 0 Å². The summed E-state index contributed by atoms with van der Waals surface area (Å²) >= 11 is 0. The largest absolute Gasteiger partial charge is 0.382 e. The molecule has 4 N–H and O–H groups in total. The summed E-state index contributed by atoms with van der Waals surface area (Å²) in [7, 11) is 3.20. The third-order valence-corrected chi connectivity index (χ3v) is 9.28. The maximum absolute atomic E-state index is 13.2. The highest BCUT2D eigenvalue weighted by Gasteiger charge is 2.20. The molecule has 354 valence electrons. The van der Waals surface area contributed by atoms with Crippen LogP contribution in [-0.4, -0.2) is 155 Å². The number of hydrogen-bond donors (Lipinski definition) is 4. The van der Waals surface area contributed by atoms with Crippen LogP contribution < -0.4 is 21.3 Å². The predicted molar refractivity (Wildman–Crippen MR) is 236 cm³/mol. The molecule has 0 aromatic heterocycles. The Morgan fingerprint density at radius 1 is 0.476 bits per heavy atom. The van der Waals surface area contributed by atoms with Gasteiger partial charge in [0, 0.05) is 33.7 Å². The highest BCUT2D eigenvalue weighted by molar-refractivity contribution is 5.96. The number of amides is 5. The summed E-state index contributed by atoms with van der Waals surface area (Å²) in [4.78, 5) is 63.2. The zero-order valence-corrected chi connectivity index (χ0v) is 37.5. The minimum atomic E-state index is -0.873. The van der Waals surface area contributed by atoms with Gasteiger partial charge in [-0.3, -0.25) is 29.3 Å². The fourth-order valence-electron chi connectivity index (χ4n) is 5.91. The second-order valence-corrected chi connectivity index (χ2v) is 14.6. The Kier molecular flexibility index (Phi) is 33.2. The van der Waals surface area contributed by atoms with E-state index >= 15 is 0 Å². The number of rotatable bonds is 40. The summed E-state index contributed by atoms with van der Waals surface area (Å²) in [6.07, 6.45) is 5.94. The Morgan fingerprint density at radius 2 is 0.968 bits per heavy atom. The van der Waals surface area contributed by atoms with Crippen molar-refractivity contribution in [2.24, 2.45) is 0 Å². The van der Waals surface area contributed by atoms with Gasteiger partial charge in [-0.25, -0.2) is 0 Å². The Balaban J connectivity index is 1.68. The highest BCUT2D eigenvalue weighted by Crippen LogP contribution is 2.11. The first kappa shape index (κ1) is 54.8. The molecule has 0 heterocycles. The topological polar surface area (TPSA) is 207 Å². The van der Waals surface area contributed by atoms with Crippen LogP contribution in [0.15, 0.2) is 54.6 Å². The lowest BCUT2D eigenvalue weighted by molar-refractivity contribution is -0.132. The standard InChI is InChI=1S/C46H72N4O13/c1-56-23-25-58-27-29-60-31-33-62-36-44(53)47-21-9-8-15-41(49-45(54)37-63-34-32-61-30-28-59-26-24-57-2)46(55)48-22-10-16-42(51)50-43(52)35-40-19-17-39(18-20-40)14-7-6-13-38-11-4-3-5-12-38/h3-5,11-12,17-20,41H,6-10,13-16,21-37H2,1-2H3,(H,47,53)(H,48,55)(H,49,54)(H,50,51,52)/t41-/m0/s1. The molecule has 0 aliphatic carbocycles.